The Morgan fingerprint density at radius 1 is 1.15 bits per heavy atom. The molecule has 184 valence electrons. The first-order valence-electron chi connectivity index (χ1n) is 12.1. The average Bonchev–Trinajstić information content (AvgIpc) is 3.34. The van der Waals surface area contributed by atoms with Crippen molar-refractivity contribution in [2.24, 2.45) is 0 Å². The Kier molecular flexibility index (Phi) is 13.0. The molecule has 1 atom stereocenters. The van der Waals surface area contributed by atoms with Crippen LogP contribution >= 0.6 is 23.6 Å². The molecule has 9 heteroatoms. The molecule has 0 aliphatic carbocycles. The molecule has 7 nitrogen and oxygen atoms in total. The highest BCUT2D eigenvalue weighted by atomic mass is 32.1. The van der Waals surface area contributed by atoms with E-state index in [1.165, 1.54) is 56.3 Å². The minimum atomic E-state index is -0.782. The minimum Gasteiger partial charge on any atom is -0.466 e. The highest BCUT2D eigenvalue weighted by Gasteiger charge is 2.34. The van der Waals surface area contributed by atoms with E-state index in [9.17, 15) is 14.4 Å². The third-order valence-electron chi connectivity index (χ3n) is 5.68. The van der Waals surface area contributed by atoms with Crippen LogP contribution in [0, 0.1) is 0 Å². The number of rotatable bonds is 14. The third-order valence-corrected chi connectivity index (χ3v) is 6.88. The molecule has 1 aliphatic heterocycles. The van der Waals surface area contributed by atoms with Gasteiger partial charge in [0.25, 0.3) is 5.91 Å². The number of thiophene rings is 1. The summed E-state index contributed by atoms with van der Waals surface area (Å²) in [5.41, 5.74) is 0. The molecule has 2 rings (SSSR count). The Balaban J connectivity index is 1.65. The van der Waals surface area contributed by atoms with Gasteiger partial charge in [-0.25, -0.2) is 0 Å². The van der Waals surface area contributed by atoms with Crippen LogP contribution in [0.25, 0.3) is 0 Å². The quantitative estimate of drug-likeness (QED) is 0.226. The summed E-state index contributed by atoms with van der Waals surface area (Å²) in [6, 6.07) is 2.70. The van der Waals surface area contributed by atoms with E-state index in [1.807, 2.05) is 0 Å². The molecule has 2 N–H and O–H groups in total. The van der Waals surface area contributed by atoms with Crippen LogP contribution in [-0.2, 0) is 14.3 Å². The maximum atomic E-state index is 12.4. The zero-order valence-electron chi connectivity index (χ0n) is 19.6. The van der Waals surface area contributed by atoms with Crippen molar-refractivity contribution in [3.63, 3.8) is 0 Å². The lowest BCUT2D eigenvalue weighted by Crippen LogP contribution is -2.60. The number of ether oxygens (including phenoxy) is 1. The number of piperazine rings is 1. The highest BCUT2D eigenvalue weighted by molar-refractivity contribution is 7.80. The van der Waals surface area contributed by atoms with Gasteiger partial charge in [0.05, 0.1) is 17.9 Å². The fourth-order valence-corrected chi connectivity index (χ4v) is 4.72. The molecule has 2 amide bonds. The predicted molar refractivity (Wildman–Crippen MR) is 135 cm³/mol. The van der Waals surface area contributed by atoms with Gasteiger partial charge in [-0.15, -0.1) is 11.3 Å². The lowest BCUT2D eigenvalue weighted by molar-refractivity contribution is -0.147. The van der Waals surface area contributed by atoms with Crippen LogP contribution in [0.5, 0.6) is 0 Å². The van der Waals surface area contributed by atoms with Crippen LogP contribution in [0.1, 0.15) is 87.2 Å². The third kappa shape index (κ3) is 10.2. The van der Waals surface area contributed by atoms with E-state index in [1.54, 1.807) is 22.4 Å². The van der Waals surface area contributed by atoms with E-state index in [2.05, 4.69) is 17.6 Å². The fraction of sp³-hybridized carbons (Fsp3) is 0.667. The van der Waals surface area contributed by atoms with Gasteiger partial charge < -0.3 is 15.0 Å². The van der Waals surface area contributed by atoms with Gasteiger partial charge in [-0.1, -0.05) is 70.8 Å². The summed E-state index contributed by atoms with van der Waals surface area (Å²) in [4.78, 5) is 39.1. The molecule has 1 aliphatic rings. The summed E-state index contributed by atoms with van der Waals surface area (Å²) < 4.78 is 5.36. The smallest absolute Gasteiger partial charge is 0.308 e. The van der Waals surface area contributed by atoms with Crippen molar-refractivity contribution >= 4 is 46.5 Å². The van der Waals surface area contributed by atoms with Gasteiger partial charge >= 0.3 is 5.97 Å². The summed E-state index contributed by atoms with van der Waals surface area (Å²) >= 11 is 6.67. The van der Waals surface area contributed by atoms with E-state index in [0.29, 0.717) is 24.6 Å². The van der Waals surface area contributed by atoms with Crippen molar-refractivity contribution in [1.29, 1.82) is 0 Å². The first-order valence-corrected chi connectivity index (χ1v) is 13.4. The average molecular weight is 496 g/mol. The first-order chi connectivity index (χ1) is 16.0. The zero-order chi connectivity index (χ0) is 23.9. The molecule has 0 bridgehead atoms. The van der Waals surface area contributed by atoms with Crippen molar-refractivity contribution in [2.75, 3.05) is 19.7 Å². The number of carbonyl (C=O) groups is 3. The summed E-state index contributed by atoms with van der Waals surface area (Å²) in [5, 5.41) is 7.37. The molecule has 0 aromatic carbocycles. The van der Waals surface area contributed by atoms with Crippen molar-refractivity contribution in [2.45, 2.75) is 83.6 Å². The first kappa shape index (κ1) is 27.2. The van der Waals surface area contributed by atoms with Gasteiger partial charge in [-0.3, -0.25) is 19.7 Å². The van der Waals surface area contributed by atoms with Crippen LogP contribution in [0.15, 0.2) is 17.5 Å². The van der Waals surface area contributed by atoms with Gasteiger partial charge in [0.15, 0.2) is 5.11 Å². The van der Waals surface area contributed by atoms with Gasteiger partial charge in [0.1, 0.15) is 6.04 Å². The van der Waals surface area contributed by atoms with Gasteiger partial charge in [0.2, 0.25) is 5.91 Å². The number of amides is 2. The Morgan fingerprint density at radius 3 is 2.45 bits per heavy atom. The maximum Gasteiger partial charge on any atom is 0.308 e. The number of thiocarbonyl (C=S) groups is 1. The highest BCUT2D eigenvalue weighted by Crippen LogP contribution is 2.14. The van der Waals surface area contributed by atoms with E-state index < -0.39 is 12.0 Å². The van der Waals surface area contributed by atoms with Crippen LogP contribution < -0.4 is 10.6 Å². The number of hydrogen-bond donors (Lipinski definition) is 2. The van der Waals surface area contributed by atoms with Crippen molar-refractivity contribution in [3.8, 4) is 0 Å². The van der Waals surface area contributed by atoms with Gasteiger partial charge in [0, 0.05) is 13.1 Å². The maximum absolute atomic E-state index is 12.4. The SMILES string of the molecule is CCCCCCCCCCCCOC(=O)CC1C(=O)NCCN1C(=S)NC(=O)c1cccs1. The minimum absolute atomic E-state index is 0.0986. The molecular weight excluding hydrogens is 458 g/mol. The molecule has 1 fully saturated rings. The monoisotopic (exact) mass is 495 g/mol. The summed E-state index contributed by atoms with van der Waals surface area (Å²) in [7, 11) is 0. The molecular formula is C24H37N3O4S2. The van der Waals surface area contributed by atoms with E-state index >= 15 is 0 Å². The Labute approximate surface area is 206 Å². The number of nitrogens with one attached hydrogen (secondary N) is 2. The van der Waals surface area contributed by atoms with Crippen molar-refractivity contribution in [3.05, 3.63) is 22.4 Å². The standard InChI is InChI=1S/C24H37N3O4S2/c1-2-3-4-5-6-7-8-9-10-11-16-31-21(28)18-19-22(29)25-14-15-27(19)24(32)26-23(30)20-13-12-17-33-20/h12-13,17,19H,2-11,14-16,18H2,1H3,(H,25,29)(H,26,30,32). The lowest BCUT2D eigenvalue weighted by atomic mass is 10.1. The van der Waals surface area contributed by atoms with Crippen molar-refractivity contribution < 1.29 is 19.1 Å². The zero-order valence-corrected chi connectivity index (χ0v) is 21.2. The Hall–Kier alpha value is -2.00. The topological polar surface area (TPSA) is 87.7 Å². The number of esters is 1. The second-order valence-corrected chi connectivity index (χ2v) is 9.68. The van der Waals surface area contributed by atoms with E-state index in [4.69, 9.17) is 17.0 Å². The normalized spacial score (nSPS) is 15.7. The molecule has 0 saturated carbocycles. The number of hydrogen-bond acceptors (Lipinski definition) is 6. The lowest BCUT2D eigenvalue weighted by Gasteiger charge is -2.36. The summed E-state index contributed by atoms with van der Waals surface area (Å²) in [5.74, 6) is -1.03. The molecule has 1 saturated heterocycles. The second-order valence-electron chi connectivity index (χ2n) is 8.34. The molecule has 1 unspecified atom stereocenters. The fourth-order valence-electron chi connectivity index (χ4n) is 3.79. The molecule has 1 aromatic rings. The van der Waals surface area contributed by atoms with Gasteiger partial charge in [-0.2, -0.15) is 0 Å². The van der Waals surface area contributed by atoms with Crippen LogP contribution in [-0.4, -0.2) is 53.5 Å². The number of nitrogens with zero attached hydrogens (tertiary/aromatic N) is 1. The Bertz CT molecular complexity index is 755. The van der Waals surface area contributed by atoms with Crippen molar-refractivity contribution in [1.82, 2.24) is 15.5 Å². The molecule has 1 aromatic heterocycles. The largest absolute Gasteiger partial charge is 0.466 e. The van der Waals surface area contributed by atoms with E-state index in [0.717, 1.165) is 19.3 Å². The molecule has 0 spiro atoms. The Morgan fingerprint density at radius 2 is 1.82 bits per heavy atom. The number of carbonyl (C=O) groups excluding carboxylic acids is 3. The molecule has 33 heavy (non-hydrogen) atoms. The van der Waals surface area contributed by atoms with Crippen LogP contribution in [0.3, 0.4) is 0 Å². The van der Waals surface area contributed by atoms with Gasteiger partial charge in [-0.05, 0) is 30.1 Å². The molecule has 2 heterocycles. The summed E-state index contributed by atoms with van der Waals surface area (Å²) in [6.07, 6.45) is 12.0. The number of unbranched alkanes of at least 4 members (excludes halogenated alkanes) is 9. The van der Waals surface area contributed by atoms with Crippen LogP contribution in [0.2, 0.25) is 0 Å². The van der Waals surface area contributed by atoms with Crippen LogP contribution in [0.4, 0.5) is 0 Å². The van der Waals surface area contributed by atoms with E-state index in [-0.39, 0.29) is 23.3 Å². The second kappa shape index (κ2) is 15.8. The predicted octanol–water partition coefficient (Wildman–Crippen LogP) is 4.42. The molecule has 0 radical (unpaired) electrons. The summed E-state index contributed by atoms with van der Waals surface area (Å²) in [6.45, 7) is 3.42.